The zero-order valence-electron chi connectivity index (χ0n) is 11.0. The number of thioether (sulfide) groups is 1. The lowest BCUT2D eigenvalue weighted by atomic mass is 9.96. The standard InChI is InChI=1S/C11H15N3O5S/c1-5(15)12-7-8(17)14-3-11(10(18)19,13-6(2)16)4-20-9(7)14/h7,9H,3-4H2,1-2H3,(H,12,15)(H,13,16)(H,18,19)/t7?,9-,11?/m1/s1. The molecule has 2 aliphatic heterocycles. The predicted octanol–water partition coefficient (Wildman–Crippen LogP) is -1.63. The summed E-state index contributed by atoms with van der Waals surface area (Å²) in [6.07, 6.45) is 0. The van der Waals surface area contributed by atoms with Crippen molar-refractivity contribution in [2.24, 2.45) is 0 Å². The predicted molar refractivity (Wildman–Crippen MR) is 69.7 cm³/mol. The lowest BCUT2D eigenvalue weighted by Crippen LogP contribution is -2.77. The van der Waals surface area contributed by atoms with Crippen molar-refractivity contribution in [2.45, 2.75) is 30.8 Å². The number of hydrogen-bond donors (Lipinski definition) is 3. The Morgan fingerprint density at radius 2 is 2.00 bits per heavy atom. The van der Waals surface area contributed by atoms with Crippen LogP contribution in [0.1, 0.15) is 13.8 Å². The summed E-state index contributed by atoms with van der Waals surface area (Å²) in [6.45, 7) is 2.47. The minimum Gasteiger partial charge on any atom is -0.479 e. The Labute approximate surface area is 119 Å². The first-order valence-corrected chi connectivity index (χ1v) is 7.03. The summed E-state index contributed by atoms with van der Waals surface area (Å²) in [5, 5.41) is 14.0. The molecule has 0 bridgehead atoms. The minimum absolute atomic E-state index is 0.0888. The van der Waals surface area contributed by atoms with E-state index < -0.39 is 23.5 Å². The molecule has 0 aromatic carbocycles. The average molecular weight is 301 g/mol. The Kier molecular flexibility index (Phi) is 3.63. The van der Waals surface area contributed by atoms with Gasteiger partial charge in [-0.2, -0.15) is 0 Å². The highest BCUT2D eigenvalue weighted by Crippen LogP contribution is 2.38. The maximum absolute atomic E-state index is 11.9. The second kappa shape index (κ2) is 4.97. The van der Waals surface area contributed by atoms with Gasteiger partial charge in [-0.1, -0.05) is 0 Å². The van der Waals surface area contributed by atoms with Crippen molar-refractivity contribution in [2.75, 3.05) is 12.3 Å². The van der Waals surface area contributed by atoms with Crippen molar-refractivity contribution in [1.82, 2.24) is 15.5 Å². The van der Waals surface area contributed by atoms with Crippen LogP contribution < -0.4 is 10.6 Å². The fraction of sp³-hybridized carbons (Fsp3) is 0.636. The van der Waals surface area contributed by atoms with Crippen LogP contribution in [-0.2, 0) is 19.2 Å². The van der Waals surface area contributed by atoms with E-state index >= 15 is 0 Å². The fourth-order valence-corrected chi connectivity index (χ4v) is 3.87. The molecule has 0 aliphatic carbocycles. The monoisotopic (exact) mass is 301 g/mol. The van der Waals surface area contributed by atoms with Gasteiger partial charge >= 0.3 is 5.97 Å². The summed E-state index contributed by atoms with van der Waals surface area (Å²) in [4.78, 5) is 46.9. The normalized spacial score (nSPS) is 31.9. The van der Waals surface area contributed by atoms with E-state index in [4.69, 9.17) is 0 Å². The van der Waals surface area contributed by atoms with Crippen LogP contribution in [-0.4, -0.2) is 62.9 Å². The highest BCUT2D eigenvalue weighted by atomic mass is 32.2. The number of aliphatic carboxylic acids is 1. The molecule has 0 radical (unpaired) electrons. The van der Waals surface area contributed by atoms with Gasteiger partial charge in [-0.15, -0.1) is 11.8 Å². The summed E-state index contributed by atoms with van der Waals surface area (Å²) >= 11 is 1.24. The summed E-state index contributed by atoms with van der Waals surface area (Å²) in [6, 6.07) is -0.610. The first-order chi connectivity index (χ1) is 9.27. The van der Waals surface area contributed by atoms with Crippen molar-refractivity contribution in [3.05, 3.63) is 0 Å². The van der Waals surface area contributed by atoms with Crippen LogP contribution in [0.15, 0.2) is 0 Å². The number of carbonyl (C=O) groups is 4. The Morgan fingerprint density at radius 1 is 1.35 bits per heavy atom. The van der Waals surface area contributed by atoms with Crippen LogP contribution in [0.2, 0.25) is 0 Å². The van der Waals surface area contributed by atoms with Crippen LogP contribution in [0.3, 0.4) is 0 Å². The van der Waals surface area contributed by atoms with Gasteiger partial charge in [-0.25, -0.2) is 4.79 Å². The number of β-lactam (4-membered cyclic amide) rings is 1. The van der Waals surface area contributed by atoms with Gasteiger partial charge in [-0.05, 0) is 0 Å². The number of amides is 3. The third-order valence-corrected chi connectivity index (χ3v) is 4.79. The van der Waals surface area contributed by atoms with Crippen LogP contribution in [0.5, 0.6) is 0 Å². The number of nitrogens with one attached hydrogen (secondary N) is 2. The van der Waals surface area contributed by atoms with Gasteiger partial charge in [0.2, 0.25) is 17.7 Å². The SMILES string of the molecule is CC(=O)NC1C(=O)N2CC(NC(C)=O)(C(=O)O)CS[C@H]12. The zero-order valence-corrected chi connectivity index (χ0v) is 11.8. The molecule has 0 spiro atoms. The van der Waals surface area contributed by atoms with Crippen molar-refractivity contribution in [1.29, 1.82) is 0 Å². The highest BCUT2D eigenvalue weighted by molar-refractivity contribution is 8.00. The third kappa shape index (κ3) is 2.33. The topological polar surface area (TPSA) is 116 Å². The van der Waals surface area contributed by atoms with Crippen LogP contribution in [0, 0.1) is 0 Å². The summed E-state index contributed by atoms with van der Waals surface area (Å²) in [7, 11) is 0. The molecule has 8 nitrogen and oxygen atoms in total. The van der Waals surface area contributed by atoms with Gasteiger partial charge in [0, 0.05) is 19.6 Å². The molecule has 9 heteroatoms. The molecule has 0 aromatic rings. The van der Waals surface area contributed by atoms with Crippen LogP contribution >= 0.6 is 11.8 Å². The van der Waals surface area contributed by atoms with Gasteiger partial charge in [0.05, 0.1) is 6.54 Å². The maximum Gasteiger partial charge on any atom is 0.332 e. The van der Waals surface area contributed by atoms with Gasteiger partial charge in [0.1, 0.15) is 11.4 Å². The van der Waals surface area contributed by atoms with Crippen molar-refractivity contribution in [3.63, 3.8) is 0 Å². The van der Waals surface area contributed by atoms with Gasteiger partial charge in [0.15, 0.2) is 5.54 Å². The molecule has 0 saturated carbocycles. The molecule has 2 unspecified atom stereocenters. The minimum atomic E-state index is -1.47. The molecule has 3 amide bonds. The van der Waals surface area contributed by atoms with E-state index in [0.717, 1.165) is 0 Å². The van der Waals surface area contributed by atoms with E-state index in [2.05, 4.69) is 10.6 Å². The molecular weight excluding hydrogens is 286 g/mol. The number of carbonyl (C=O) groups excluding carboxylic acids is 3. The first kappa shape index (κ1) is 14.6. The molecule has 20 heavy (non-hydrogen) atoms. The van der Waals surface area contributed by atoms with E-state index in [1.165, 1.54) is 30.5 Å². The molecule has 2 heterocycles. The number of hydrogen-bond acceptors (Lipinski definition) is 5. The Morgan fingerprint density at radius 3 is 2.50 bits per heavy atom. The lowest BCUT2D eigenvalue weighted by molar-refractivity contribution is -0.156. The van der Waals surface area contributed by atoms with E-state index in [9.17, 15) is 24.3 Å². The first-order valence-electron chi connectivity index (χ1n) is 5.98. The Balaban J connectivity index is 2.12. The molecular formula is C11H15N3O5S. The van der Waals surface area contributed by atoms with Crippen molar-refractivity contribution < 1.29 is 24.3 Å². The number of carboxylic acid groups (broad SMARTS) is 1. The van der Waals surface area contributed by atoms with E-state index in [0.29, 0.717) is 0 Å². The molecule has 2 aliphatic rings. The molecule has 2 saturated heterocycles. The van der Waals surface area contributed by atoms with Crippen LogP contribution in [0.4, 0.5) is 0 Å². The second-order valence-corrected chi connectivity index (χ2v) is 6.02. The molecule has 110 valence electrons. The van der Waals surface area contributed by atoms with Crippen molar-refractivity contribution in [3.8, 4) is 0 Å². The molecule has 0 aromatic heterocycles. The smallest absolute Gasteiger partial charge is 0.332 e. The molecule has 3 atom stereocenters. The molecule has 2 fully saturated rings. The third-order valence-electron chi connectivity index (χ3n) is 3.27. The summed E-state index contributed by atoms with van der Waals surface area (Å²) < 4.78 is 0. The Bertz CT molecular complexity index is 496. The van der Waals surface area contributed by atoms with E-state index in [1.807, 2.05) is 0 Å². The number of rotatable bonds is 3. The zero-order chi connectivity index (χ0) is 15.1. The van der Waals surface area contributed by atoms with E-state index in [-0.39, 0.29) is 29.5 Å². The quantitative estimate of drug-likeness (QED) is 0.539. The maximum atomic E-state index is 11.9. The van der Waals surface area contributed by atoms with E-state index in [1.54, 1.807) is 0 Å². The number of fused-ring (bicyclic) bond motifs is 1. The van der Waals surface area contributed by atoms with Crippen molar-refractivity contribution >= 4 is 35.5 Å². The van der Waals surface area contributed by atoms with Gasteiger partial charge in [-0.3, -0.25) is 14.4 Å². The summed E-state index contributed by atoms with van der Waals surface area (Å²) in [5.41, 5.74) is -1.47. The molecule has 2 rings (SSSR count). The highest BCUT2D eigenvalue weighted by Gasteiger charge is 2.57. The fourth-order valence-electron chi connectivity index (χ4n) is 2.39. The molecule has 3 N–H and O–H groups in total. The van der Waals surface area contributed by atoms with Gasteiger partial charge < -0.3 is 20.6 Å². The summed E-state index contributed by atoms with van der Waals surface area (Å²) in [5.74, 6) is -2.12. The Hall–Kier alpha value is -1.77. The largest absolute Gasteiger partial charge is 0.479 e. The van der Waals surface area contributed by atoms with Crippen LogP contribution in [0.25, 0.3) is 0 Å². The number of nitrogens with zero attached hydrogens (tertiary/aromatic N) is 1. The average Bonchev–Trinajstić information content (AvgIpc) is 2.34. The second-order valence-electron chi connectivity index (χ2n) is 4.91. The number of carboxylic acids is 1. The van der Waals surface area contributed by atoms with Gasteiger partial charge in [0.25, 0.3) is 0 Å². The lowest BCUT2D eigenvalue weighted by Gasteiger charge is -2.53.